The molecule has 2 aromatic rings. The lowest BCUT2D eigenvalue weighted by Gasteiger charge is -2.00. The van der Waals surface area contributed by atoms with Gasteiger partial charge in [-0.25, -0.2) is 4.98 Å². The number of nitrogens with zero attached hydrogens (tertiary/aromatic N) is 1. The van der Waals surface area contributed by atoms with Gasteiger partial charge < -0.3 is 4.98 Å². The molecule has 0 saturated carbocycles. The Morgan fingerprint density at radius 3 is 2.79 bits per heavy atom. The molecule has 1 heterocycles. The molecule has 2 rings (SSSR count). The van der Waals surface area contributed by atoms with Crippen molar-refractivity contribution in [3.8, 4) is 0 Å². The molecule has 1 aromatic heterocycles. The summed E-state index contributed by atoms with van der Waals surface area (Å²) in [5.74, 6) is 0. The van der Waals surface area contributed by atoms with Crippen molar-refractivity contribution in [1.29, 1.82) is 0 Å². The van der Waals surface area contributed by atoms with E-state index in [2.05, 4.69) is 48.1 Å². The molecule has 0 spiro atoms. The van der Waals surface area contributed by atoms with Crippen LogP contribution < -0.4 is 0 Å². The predicted octanol–water partition coefficient (Wildman–Crippen LogP) is 2.62. The predicted molar refractivity (Wildman–Crippen MR) is 57.3 cm³/mol. The van der Waals surface area contributed by atoms with Gasteiger partial charge in [0.25, 0.3) is 0 Å². The highest BCUT2D eigenvalue weighted by molar-refractivity contribution is 5.27. The summed E-state index contributed by atoms with van der Waals surface area (Å²) < 4.78 is 0. The Morgan fingerprint density at radius 2 is 2.14 bits per heavy atom. The van der Waals surface area contributed by atoms with Crippen molar-refractivity contribution >= 4 is 0 Å². The quantitative estimate of drug-likeness (QED) is 0.767. The van der Waals surface area contributed by atoms with Crippen molar-refractivity contribution in [2.24, 2.45) is 0 Å². The van der Waals surface area contributed by atoms with E-state index in [1.807, 2.05) is 0 Å². The van der Waals surface area contributed by atoms with E-state index in [1.54, 1.807) is 6.33 Å². The Morgan fingerprint density at radius 1 is 1.29 bits per heavy atom. The normalized spacial score (nSPS) is 10.4. The van der Waals surface area contributed by atoms with Crippen molar-refractivity contribution in [2.45, 2.75) is 20.3 Å². The number of aromatic amines is 1. The van der Waals surface area contributed by atoms with E-state index in [0.29, 0.717) is 0 Å². The largest absolute Gasteiger partial charge is 0.348 e. The first-order chi connectivity index (χ1) is 6.75. The first-order valence-electron chi connectivity index (χ1n) is 4.80. The number of imidazole rings is 1. The third-order valence-corrected chi connectivity index (χ3v) is 2.39. The molecule has 0 fully saturated rings. The first kappa shape index (κ1) is 9.00. The maximum absolute atomic E-state index is 4.29. The zero-order valence-electron chi connectivity index (χ0n) is 8.54. The molecule has 2 heteroatoms. The molecule has 1 N–H and O–H groups in total. The van der Waals surface area contributed by atoms with Crippen LogP contribution in [0.1, 0.15) is 22.5 Å². The standard InChI is InChI=1S/C12H14N2/c1-9-4-3-5-11(6-9)7-12-10(2)13-8-14-12/h3-6,8H,7H2,1-2H3,(H,13,14). The van der Waals surface area contributed by atoms with Gasteiger partial charge in [0, 0.05) is 12.1 Å². The first-order valence-corrected chi connectivity index (χ1v) is 4.80. The molecule has 72 valence electrons. The molecule has 0 aliphatic heterocycles. The number of hydrogen-bond donors (Lipinski definition) is 1. The molecule has 0 aliphatic rings. The van der Waals surface area contributed by atoms with Gasteiger partial charge in [0.15, 0.2) is 0 Å². The van der Waals surface area contributed by atoms with Crippen molar-refractivity contribution in [3.63, 3.8) is 0 Å². The van der Waals surface area contributed by atoms with Gasteiger partial charge >= 0.3 is 0 Å². The Bertz CT molecular complexity index is 429. The lowest BCUT2D eigenvalue weighted by Crippen LogP contribution is -1.91. The van der Waals surface area contributed by atoms with E-state index >= 15 is 0 Å². The lowest BCUT2D eigenvalue weighted by atomic mass is 10.1. The fourth-order valence-corrected chi connectivity index (χ4v) is 1.58. The SMILES string of the molecule is Cc1cccc(Cc2nc[nH]c2C)c1. The van der Waals surface area contributed by atoms with Crippen LogP contribution in [0.15, 0.2) is 30.6 Å². The molecule has 1 aromatic carbocycles. The maximum atomic E-state index is 4.29. The minimum atomic E-state index is 0.914. The minimum absolute atomic E-state index is 0.914. The molecular formula is C12H14N2. The summed E-state index contributed by atoms with van der Waals surface area (Å²) in [4.78, 5) is 7.38. The molecule has 0 aliphatic carbocycles. The molecule has 0 unspecified atom stereocenters. The number of aryl methyl sites for hydroxylation is 2. The molecule has 0 atom stereocenters. The van der Waals surface area contributed by atoms with Gasteiger partial charge in [-0.3, -0.25) is 0 Å². The molecule has 2 nitrogen and oxygen atoms in total. The number of benzene rings is 1. The van der Waals surface area contributed by atoms with Gasteiger partial charge in [-0.15, -0.1) is 0 Å². The maximum Gasteiger partial charge on any atom is 0.0925 e. The van der Waals surface area contributed by atoms with E-state index in [0.717, 1.165) is 17.8 Å². The minimum Gasteiger partial charge on any atom is -0.348 e. The number of hydrogen-bond acceptors (Lipinski definition) is 1. The average Bonchev–Trinajstić information content (AvgIpc) is 2.52. The molecule has 0 bridgehead atoms. The smallest absolute Gasteiger partial charge is 0.0925 e. The van der Waals surface area contributed by atoms with E-state index < -0.39 is 0 Å². The summed E-state index contributed by atoms with van der Waals surface area (Å²) in [6.07, 6.45) is 2.66. The van der Waals surface area contributed by atoms with Crippen LogP contribution in [0.25, 0.3) is 0 Å². The molecule has 14 heavy (non-hydrogen) atoms. The average molecular weight is 186 g/mol. The Hall–Kier alpha value is -1.57. The van der Waals surface area contributed by atoms with Crippen LogP contribution in [0.5, 0.6) is 0 Å². The van der Waals surface area contributed by atoms with E-state index in [-0.39, 0.29) is 0 Å². The lowest BCUT2D eigenvalue weighted by molar-refractivity contribution is 1.08. The van der Waals surface area contributed by atoms with Gasteiger partial charge in [-0.05, 0) is 19.4 Å². The summed E-state index contributed by atoms with van der Waals surface area (Å²) in [5, 5.41) is 0. The van der Waals surface area contributed by atoms with Crippen molar-refractivity contribution in [1.82, 2.24) is 9.97 Å². The zero-order chi connectivity index (χ0) is 9.97. The monoisotopic (exact) mass is 186 g/mol. The number of aromatic nitrogens is 2. The molecule has 0 amide bonds. The highest BCUT2D eigenvalue weighted by Gasteiger charge is 2.01. The molecule has 0 saturated heterocycles. The summed E-state index contributed by atoms with van der Waals surface area (Å²) in [6.45, 7) is 4.17. The second kappa shape index (κ2) is 3.66. The van der Waals surface area contributed by atoms with Gasteiger partial charge in [-0.1, -0.05) is 29.8 Å². The number of nitrogens with one attached hydrogen (secondary N) is 1. The van der Waals surface area contributed by atoms with Gasteiger partial charge in [0.05, 0.1) is 12.0 Å². The molecular weight excluding hydrogens is 172 g/mol. The van der Waals surface area contributed by atoms with Crippen LogP contribution in [0.4, 0.5) is 0 Å². The third-order valence-electron chi connectivity index (χ3n) is 2.39. The molecule has 0 radical (unpaired) electrons. The Balaban J connectivity index is 2.23. The van der Waals surface area contributed by atoms with Crippen molar-refractivity contribution in [3.05, 3.63) is 53.1 Å². The van der Waals surface area contributed by atoms with Crippen LogP contribution >= 0.6 is 0 Å². The van der Waals surface area contributed by atoms with Gasteiger partial charge in [-0.2, -0.15) is 0 Å². The van der Waals surface area contributed by atoms with E-state index in [1.165, 1.54) is 11.1 Å². The zero-order valence-corrected chi connectivity index (χ0v) is 8.54. The third kappa shape index (κ3) is 1.84. The van der Waals surface area contributed by atoms with Crippen LogP contribution in [-0.4, -0.2) is 9.97 Å². The van der Waals surface area contributed by atoms with Crippen LogP contribution in [0.3, 0.4) is 0 Å². The van der Waals surface area contributed by atoms with Gasteiger partial charge in [0.2, 0.25) is 0 Å². The van der Waals surface area contributed by atoms with Crippen LogP contribution in [-0.2, 0) is 6.42 Å². The fourth-order valence-electron chi connectivity index (χ4n) is 1.58. The highest BCUT2D eigenvalue weighted by Crippen LogP contribution is 2.11. The topological polar surface area (TPSA) is 28.7 Å². The number of rotatable bonds is 2. The van der Waals surface area contributed by atoms with Gasteiger partial charge in [0.1, 0.15) is 0 Å². The van der Waals surface area contributed by atoms with Crippen LogP contribution in [0.2, 0.25) is 0 Å². The van der Waals surface area contributed by atoms with Crippen molar-refractivity contribution in [2.75, 3.05) is 0 Å². The Kier molecular flexibility index (Phi) is 2.35. The van der Waals surface area contributed by atoms with Crippen LogP contribution in [0, 0.1) is 13.8 Å². The summed E-state index contributed by atoms with van der Waals surface area (Å²) in [5.41, 5.74) is 4.91. The summed E-state index contributed by atoms with van der Waals surface area (Å²) >= 11 is 0. The fraction of sp³-hybridized carbons (Fsp3) is 0.250. The second-order valence-corrected chi connectivity index (χ2v) is 3.64. The number of H-pyrrole nitrogens is 1. The summed E-state index contributed by atoms with van der Waals surface area (Å²) in [7, 11) is 0. The summed E-state index contributed by atoms with van der Waals surface area (Å²) in [6, 6.07) is 8.54. The van der Waals surface area contributed by atoms with E-state index in [9.17, 15) is 0 Å². The highest BCUT2D eigenvalue weighted by atomic mass is 14.9. The van der Waals surface area contributed by atoms with Crippen molar-refractivity contribution < 1.29 is 0 Å². The second-order valence-electron chi connectivity index (χ2n) is 3.64. The van der Waals surface area contributed by atoms with E-state index in [4.69, 9.17) is 0 Å². The Labute approximate surface area is 84.0 Å².